The Kier molecular flexibility index (Phi) is 10.8. The monoisotopic (exact) mass is 796 g/mol. The molecule has 306 valence electrons. The SMILES string of the molecule is COC(=O)N[C@H](C(=O)N1CCC[C@H]1c1ncc(-c2ccc(-c3ccc(-c4cnc(C5C6CCC(C6)[C@@H]5C(=O)NCc5cccnc5C5CC5)[nH]4)cc3)cc2)[nH]1)[C@@H](C)OC. The van der Waals surface area contributed by atoms with Crippen molar-refractivity contribution in [3.63, 3.8) is 0 Å². The van der Waals surface area contributed by atoms with E-state index in [9.17, 15) is 14.4 Å². The van der Waals surface area contributed by atoms with Crippen molar-refractivity contribution >= 4 is 17.9 Å². The Balaban J connectivity index is 0.845. The Morgan fingerprint density at radius 1 is 0.814 bits per heavy atom. The van der Waals surface area contributed by atoms with Gasteiger partial charge in [0.05, 0.1) is 49.0 Å². The number of nitrogens with zero attached hydrogens (tertiary/aromatic N) is 4. The van der Waals surface area contributed by atoms with E-state index in [0.717, 1.165) is 82.8 Å². The van der Waals surface area contributed by atoms with E-state index in [1.165, 1.54) is 27.1 Å². The Hall–Kier alpha value is -5.82. The minimum absolute atomic E-state index is 0.0753. The number of benzene rings is 2. The molecule has 4 aliphatic rings. The molecule has 4 N–H and O–H groups in total. The molecule has 59 heavy (non-hydrogen) atoms. The summed E-state index contributed by atoms with van der Waals surface area (Å²) in [5.74, 6) is 2.95. The predicted molar refractivity (Wildman–Crippen MR) is 222 cm³/mol. The molecular weight excluding hydrogens is 745 g/mol. The van der Waals surface area contributed by atoms with E-state index in [0.29, 0.717) is 36.7 Å². The number of amides is 3. The number of H-pyrrole nitrogens is 2. The van der Waals surface area contributed by atoms with E-state index in [-0.39, 0.29) is 29.7 Å². The number of aromatic amines is 2. The van der Waals surface area contributed by atoms with Crippen LogP contribution in [0.25, 0.3) is 33.6 Å². The van der Waals surface area contributed by atoms with Crippen molar-refractivity contribution in [2.24, 2.45) is 17.8 Å². The highest BCUT2D eigenvalue weighted by Crippen LogP contribution is 2.56. The summed E-state index contributed by atoms with van der Waals surface area (Å²) in [7, 11) is 2.78. The zero-order valence-corrected chi connectivity index (χ0v) is 33.8. The van der Waals surface area contributed by atoms with Gasteiger partial charge in [-0.15, -0.1) is 0 Å². The Labute approximate surface area is 344 Å². The molecule has 9 rings (SSSR count). The average molecular weight is 797 g/mol. The Bertz CT molecular complexity index is 2300. The fraction of sp³-hybridized carbons (Fsp3) is 0.435. The van der Waals surface area contributed by atoms with Crippen LogP contribution in [0.4, 0.5) is 4.79 Å². The predicted octanol–water partition coefficient (Wildman–Crippen LogP) is 7.28. The quantitative estimate of drug-likeness (QED) is 0.0965. The fourth-order valence-corrected chi connectivity index (χ4v) is 9.87. The van der Waals surface area contributed by atoms with Crippen molar-refractivity contribution < 1.29 is 23.9 Å². The first kappa shape index (κ1) is 38.7. The van der Waals surface area contributed by atoms with Gasteiger partial charge in [-0.25, -0.2) is 14.8 Å². The van der Waals surface area contributed by atoms with Crippen LogP contribution < -0.4 is 10.6 Å². The highest BCUT2D eigenvalue weighted by molar-refractivity contribution is 5.87. The van der Waals surface area contributed by atoms with E-state index in [4.69, 9.17) is 14.5 Å². The topological polar surface area (TPSA) is 167 Å². The van der Waals surface area contributed by atoms with Gasteiger partial charge < -0.3 is 35.0 Å². The molecule has 13 nitrogen and oxygen atoms in total. The number of likely N-dealkylation sites (tertiary alicyclic amines) is 1. The highest BCUT2D eigenvalue weighted by atomic mass is 16.5. The number of alkyl carbamates (subject to hydrolysis) is 1. The number of fused-ring (bicyclic) bond motifs is 2. The normalized spacial score (nSPS) is 23.2. The van der Waals surface area contributed by atoms with Crippen molar-refractivity contribution in [3.8, 4) is 33.6 Å². The number of carbonyl (C=O) groups excluding carboxylic acids is 3. The van der Waals surface area contributed by atoms with Crippen LogP contribution >= 0.6 is 0 Å². The van der Waals surface area contributed by atoms with Gasteiger partial charge in [0.2, 0.25) is 11.8 Å². The van der Waals surface area contributed by atoms with Gasteiger partial charge in [-0.1, -0.05) is 54.6 Å². The van der Waals surface area contributed by atoms with Crippen molar-refractivity contribution in [2.45, 2.75) is 88.4 Å². The average Bonchev–Trinajstić information content (AvgIpc) is 3.85. The Morgan fingerprint density at radius 3 is 2.12 bits per heavy atom. The largest absolute Gasteiger partial charge is 0.453 e. The van der Waals surface area contributed by atoms with E-state index in [1.807, 2.05) is 18.5 Å². The molecule has 0 radical (unpaired) electrons. The summed E-state index contributed by atoms with van der Waals surface area (Å²) >= 11 is 0. The summed E-state index contributed by atoms with van der Waals surface area (Å²) in [6.45, 7) is 2.83. The zero-order valence-electron chi connectivity index (χ0n) is 33.8. The van der Waals surface area contributed by atoms with E-state index >= 15 is 0 Å². The molecule has 1 saturated heterocycles. The zero-order chi connectivity index (χ0) is 40.6. The maximum atomic E-state index is 13.8. The maximum Gasteiger partial charge on any atom is 0.407 e. The van der Waals surface area contributed by atoms with Gasteiger partial charge in [0.1, 0.15) is 17.7 Å². The number of rotatable bonds is 13. The molecule has 3 aliphatic carbocycles. The van der Waals surface area contributed by atoms with Gasteiger partial charge in [0.25, 0.3) is 0 Å². The van der Waals surface area contributed by atoms with E-state index in [1.54, 1.807) is 18.0 Å². The third-order valence-electron chi connectivity index (χ3n) is 13.2. The summed E-state index contributed by atoms with van der Waals surface area (Å²) in [4.78, 5) is 62.5. The number of methoxy groups -OCH3 is 2. The van der Waals surface area contributed by atoms with Crippen LogP contribution in [-0.2, 0) is 25.6 Å². The summed E-state index contributed by atoms with van der Waals surface area (Å²) in [5.41, 5.74) is 8.30. The van der Waals surface area contributed by atoms with Gasteiger partial charge in [-0.3, -0.25) is 14.6 Å². The molecule has 2 aromatic carbocycles. The second-order valence-electron chi connectivity index (χ2n) is 16.7. The van der Waals surface area contributed by atoms with Crippen molar-refractivity contribution in [1.82, 2.24) is 40.5 Å². The molecule has 3 aromatic heterocycles. The standard InChI is InChI=1S/C46H52N8O5/c1-26(58-2)40(53-46(57)59-3)45(56)54-21-5-7-37(54)42-48-24-35(51-42)29-12-8-27(9-13-29)28-10-14-30(15-11-28)36-25-49-43(52-36)38-32-18-19-33(22-32)39(38)44(55)50-23-34-6-4-20-47-41(34)31-16-17-31/h4,6,8-15,20,24-26,31-33,37-40H,5,7,16-19,21-23H2,1-3H3,(H,48,51)(H,49,52)(H,50,55)(H,53,57)/t26-,32?,33?,37+,38?,39+,40+/m1/s1. The molecule has 3 amide bonds. The lowest BCUT2D eigenvalue weighted by Crippen LogP contribution is -2.54. The third kappa shape index (κ3) is 7.75. The molecule has 3 saturated carbocycles. The minimum Gasteiger partial charge on any atom is -0.453 e. The van der Waals surface area contributed by atoms with Crippen molar-refractivity contribution in [3.05, 3.63) is 102 Å². The van der Waals surface area contributed by atoms with Crippen LogP contribution in [0.5, 0.6) is 0 Å². The first-order valence-electron chi connectivity index (χ1n) is 21.0. The van der Waals surface area contributed by atoms with Gasteiger partial charge in [-0.05, 0) is 97.6 Å². The lowest BCUT2D eigenvalue weighted by molar-refractivity contribution is -0.137. The number of imidazole rings is 2. The van der Waals surface area contributed by atoms with E-state index < -0.39 is 18.2 Å². The number of hydrogen-bond acceptors (Lipinski definition) is 8. The highest BCUT2D eigenvalue weighted by Gasteiger charge is 2.52. The molecule has 3 unspecified atom stereocenters. The molecule has 7 atom stereocenters. The molecular formula is C46H52N8O5. The molecule has 0 spiro atoms. The second-order valence-corrected chi connectivity index (χ2v) is 16.7. The van der Waals surface area contributed by atoms with Gasteiger partial charge in [-0.2, -0.15) is 0 Å². The number of hydrogen-bond donors (Lipinski definition) is 4. The van der Waals surface area contributed by atoms with Crippen LogP contribution in [0.15, 0.2) is 79.3 Å². The van der Waals surface area contributed by atoms with Crippen LogP contribution in [0.1, 0.15) is 92.7 Å². The number of aromatic nitrogens is 5. The minimum atomic E-state index is -0.885. The molecule has 1 aliphatic heterocycles. The van der Waals surface area contributed by atoms with E-state index in [2.05, 4.69) is 85.2 Å². The van der Waals surface area contributed by atoms with Crippen LogP contribution in [-0.4, -0.2) is 80.6 Å². The number of pyridine rings is 1. The maximum absolute atomic E-state index is 13.8. The fourth-order valence-electron chi connectivity index (χ4n) is 9.87. The van der Waals surface area contributed by atoms with Gasteiger partial charge in [0.15, 0.2) is 0 Å². The van der Waals surface area contributed by atoms with Crippen LogP contribution in [0.3, 0.4) is 0 Å². The molecule has 5 aromatic rings. The molecule has 4 fully saturated rings. The summed E-state index contributed by atoms with van der Waals surface area (Å²) in [5, 5.41) is 5.93. The summed E-state index contributed by atoms with van der Waals surface area (Å²) < 4.78 is 10.2. The summed E-state index contributed by atoms with van der Waals surface area (Å²) in [6, 6.07) is 19.8. The molecule has 13 heteroatoms. The third-order valence-corrected chi connectivity index (χ3v) is 13.2. The smallest absolute Gasteiger partial charge is 0.407 e. The van der Waals surface area contributed by atoms with Crippen molar-refractivity contribution in [1.29, 1.82) is 0 Å². The van der Waals surface area contributed by atoms with Crippen LogP contribution in [0.2, 0.25) is 0 Å². The van der Waals surface area contributed by atoms with Gasteiger partial charge >= 0.3 is 6.09 Å². The van der Waals surface area contributed by atoms with Crippen molar-refractivity contribution in [2.75, 3.05) is 20.8 Å². The number of nitrogens with one attached hydrogen (secondary N) is 4. The Morgan fingerprint density at radius 2 is 1.46 bits per heavy atom. The lowest BCUT2D eigenvalue weighted by Gasteiger charge is -2.30. The first-order valence-corrected chi connectivity index (χ1v) is 21.0. The number of ether oxygens (including phenoxy) is 2. The lowest BCUT2D eigenvalue weighted by atomic mass is 9.78. The molecule has 4 heterocycles. The van der Waals surface area contributed by atoms with Crippen LogP contribution in [0, 0.1) is 17.8 Å². The number of carbonyl (C=O) groups is 3. The van der Waals surface area contributed by atoms with Gasteiger partial charge in [0, 0.05) is 43.9 Å². The summed E-state index contributed by atoms with van der Waals surface area (Å²) in [6.07, 6.45) is 11.6. The first-order chi connectivity index (χ1) is 28.8. The molecule has 2 bridgehead atoms. The second kappa shape index (κ2) is 16.4.